The molecule has 0 radical (unpaired) electrons. The molecule has 0 aliphatic heterocycles. The standard InChI is InChI=1S/C14H17NO2/c1-9(2)15-8-12(16)14-7-11-6-10(3)4-5-13(11)17-14/h4-7,9,15H,8H2,1-3H3. The summed E-state index contributed by atoms with van der Waals surface area (Å²) < 4.78 is 5.53. The molecule has 0 saturated heterocycles. The first-order valence-corrected chi connectivity index (χ1v) is 5.83. The van der Waals surface area contributed by atoms with Gasteiger partial charge in [0.1, 0.15) is 5.58 Å². The summed E-state index contributed by atoms with van der Waals surface area (Å²) in [6, 6.07) is 8.01. The van der Waals surface area contributed by atoms with Crippen molar-refractivity contribution in [2.24, 2.45) is 0 Å². The van der Waals surface area contributed by atoms with E-state index in [9.17, 15) is 4.79 Å². The van der Waals surface area contributed by atoms with Crippen LogP contribution in [0.15, 0.2) is 28.7 Å². The minimum absolute atomic E-state index is 0.00690. The molecule has 2 rings (SSSR count). The lowest BCUT2D eigenvalue weighted by molar-refractivity contribution is 0.0964. The van der Waals surface area contributed by atoms with Crippen molar-refractivity contribution < 1.29 is 9.21 Å². The first kappa shape index (κ1) is 11.9. The van der Waals surface area contributed by atoms with Crippen LogP contribution in [-0.2, 0) is 0 Å². The highest BCUT2D eigenvalue weighted by Gasteiger charge is 2.12. The number of ketones is 1. The van der Waals surface area contributed by atoms with Gasteiger partial charge in [-0.2, -0.15) is 0 Å². The maximum atomic E-state index is 11.8. The second kappa shape index (κ2) is 4.72. The Balaban J connectivity index is 2.21. The topological polar surface area (TPSA) is 42.2 Å². The van der Waals surface area contributed by atoms with E-state index in [2.05, 4.69) is 5.32 Å². The van der Waals surface area contributed by atoms with Crippen LogP contribution < -0.4 is 5.32 Å². The lowest BCUT2D eigenvalue weighted by Crippen LogP contribution is -2.28. The van der Waals surface area contributed by atoms with Gasteiger partial charge in [-0.25, -0.2) is 0 Å². The third-order valence-electron chi connectivity index (χ3n) is 2.62. The number of carbonyl (C=O) groups is 1. The molecule has 2 aromatic rings. The maximum absolute atomic E-state index is 11.8. The summed E-state index contributed by atoms with van der Waals surface area (Å²) in [6.07, 6.45) is 0. The van der Waals surface area contributed by atoms with E-state index in [1.165, 1.54) is 0 Å². The van der Waals surface area contributed by atoms with Crippen molar-refractivity contribution in [1.82, 2.24) is 5.32 Å². The number of carbonyl (C=O) groups excluding carboxylic acids is 1. The summed E-state index contributed by atoms with van der Waals surface area (Å²) in [5.41, 5.74) is 1.93. The summed E-state index contributed by atoms with van der Waals surface area (Å²) in [5.74, 6) is 0.423. The Labute approximate surface area is 101 Å². The second-order valence-corrected chi connectivity index (χ2v) is 4.61. The van der Waals surface area contributed by atoms with Gasteiger partial charge in [0.25, 0.3) is 0 Å². The summed E-state index contributed by atoms with van der Waals surface area (Å²) >= 11 is 0. The number of nitrogens with one attached hydrogen (secondary N) is 1. The lowest BCUT2D eigenvalue weighted by Gasteiger charge is -2.04. The van der Waals surface area contributed by atoms with Gasteiger partial charge in [-0.1, -0.05) is 25.5 Å². The molecule has 3 heteroatoms. The van der Waals surface area contributed by atoms with E-state index in [-0.39, 0.29) is 5.78 Å². The fraction of sp³-hybridized carbons (Fsp3) is 0.357. The van der Waals surface area contributed by atoms with Gasteiger partial charge in [0.15, 0.2) is 5.76 Å². The largest absolute Gasteiger partial charge is 0.453 e. The molecule has 90 valence electrons. The van der Waals surface area contributed by atoms with Gasteiger partial charge in [-0.15, -0.1) is 0 Å². The lowest BCUT2D eigenvalue weighted by atomic mass is 10.2. The first-order chi connectivity index (χ1) is 8.06. The second-order valence-electron chi connectivity index (χ2n) is 4.61. The number of Topliss-reactive ketones (excluding diaryl/α,β-unsaturated/α-hetero) is 1. The molecule has 0 atom stereocenters. The molecule has 0 unspecified atom stereocenters. The molecule has 0 amide bonds. The zero-order valence-electron chi connectivity index (χ0n) is 10.4. The highest BCUT2D eigenvalue weighted by atomic mass is 16.3. The van der Waals surface area contributed by atoms with Gasteiger partial charge >= 0.3 is 0 Å². The van der Waals surface area contributed by atoms with Crippen LogP contribution in [0.5, 0.6) is 0 Å². The Hall–Kier alpha value is -1.61. The predicted molar refractivity (Wildman–Crippen MR) is 68.4 cm³/mol. The Bertz CT molecular complexity index is 540. The summed E-state index contributed by atoms with van der Waals surface area (Å²) in [5, 5.41) is 4.07. The Morgan fingerprint density at radius 3 is 2.82 bits per heavy atom. The molecular formula is C14H17NO2. The quantitative estimate of drug-likeness (QED) is 0.823. The van der Waals surface area contributed by atoms with Gasteiger partial charge in [-0.05, 0) is 25.1 Å². The van der Waals surface area contributed by atoms with Crippen molar-refractivity contribution in [3.05, 3.63) is 35.6 Å². The van der Waals surface area contributed by atoms with E-state index >= 15 is 0 Å². The predicted octanol–water partition coefficient (Wildman–Crippen LogP) is 2.92. The van der Waals surface area contributed by atoms with Crippen LogP contribution in [0.4, 0.5) is 0 Å². The van der Waals surface area contributed by atoms with Gasteiger partial charge < -0.3 is 9.73 Å². The smallest absolute Gasteiger partial charge is 0.211 e. The third kappa shape index (κ3) is 2.74. The Morgan fingerprint density at radius 1 is 1.35 bits per heavy atom. The average Bonchev–Trinajstić information content (AvgIpc) is 2.68. The first-order valence-electron chi connectivity index (χ1n) is 5.83. The van der Waals surface area contributed by atoms with Gasteiger partial charge in [0.05, 0.1) is 6.54 Å². The summed E-state index contributed by atoms with van der Waals surface area (Å²) in [4.78, 5) is 11.8. The highest BCUT2D eigenvalue weighted by molar-refractivity contribution is 5.98. The minimum atomic E-state index is -0.00690. The highest BCUT2D eigenvalue weighted by Crippen LogP contribution is 2.20. The van der Waals surface area contributed by atoms with Crippen LogP contribution in [0.3, 0.4) is 0 Å². The molecule has 0 aliphatic rings. The summed E-state index contributed by atoms with van der Waals surface area (Å²) in [6.45, 7) is 6.36. The van der Waals surface area contributed by atoms with Crippen molar-refractivity contribution in [2.75, 3.05) is 6.54 Å². The monoisotopic (exact) mass is 231 g/mol. The van der Waals surface area contributed by atoms with Crippen LogP contribution in [0.1, 0.15) is 30.0 Å². The molecule has 1 N–H and O–H groups in total. The van der Waals surface area contributed by atoms with Gasteiger partial charge in [-0.3, -0.25) is 4.79 Å². The van der Waals surface area contributed by atoms with E-state index in [1.54, 1.807) is 0 Å². The third-order valence-corrected chi connectivity index (χ3v) is 2.62. The fourth-order valence-corrected chi connectivity index (χ4v) is 1.68. The number of benzene rings is 1. The van der Waals surface area contributed by atoms with Crippen molar-refractivity contribution in [3.8, 4) is 0 Å². The van der Waals surface area contributed by atoms with E-state index in [0.717, 1.165) is 16.5 Å². The van der Waals surface area contributed by atoms with Crippen LogP contribution in [0.25, 0.3) is 11.0 Å². The van der Waals surface area contributed by atoms with Crippen molar-refractivity contribution in [2.45, 2.75) is 26.8 Å². The molecular weight excluding hydrogens is 214 g/mol. The van der Waals surface area contributed by atoms with Crippen molar-refractivity contribution >= 4 is 16.8 Å². The number of rotatable bonds is 4. The number of hydrogen-bond acceptors (Lipinski definition) is 3. The Morgan fingerprint density at radius 2 is 2.12 bits per heavy atom. The zero-order valence-corrected chi connectivity index (χ0v) is 10.4. The minimum Gasteiger partial charge on any atom is -0.453 e. The van der Waals surface area contributed by atoms with Gasteiger partial charge in [0.2, 0.25) is 5.78 Å². The number of furan rings is 1. The van der Waals surface area contributed by atoms with Crippen LogP contribution >= 0.6 is 0 Å². The fourth-order valence-electron chi connectivity index (χ4n) is 1.68. The average molecular weight is 231 g/mol. The van der Waals surface area contributed by atoms with Crippen molar-refractivity contribution in [3.63, 3.8) is 0 Å². The zero-order chi connectivity index (χ0) is 12.4. The molecule has 3 nitrogen and oxygen atoms in total. The molecule has 1 aromatic carbocycles. The number of aryl methyl sites for hydroxylation is 1. The van der Waals surface area contributed by atoms with E-state index < -0.39 is 0 Å². The molecule has 0 spiro atoms. The van der Waals surface area contributed by atoms with Crippen LogP contribution in [0, 0.1) is 6.92 Å². The summed E-state index contributed by atoms with van der Waals surface area (Å²) in [7, 11) is 0. The molecule has 0 aliphatic carbocycles. The molecule has 0 bridgehead atoms. The van der Waals surface area contributed by atoms with Gasteiger partial charge in [0, 0.05) is 11.4 Å². The molecule has 1 heterocycles. The normalized spacial score (nSPS) is 11.3. The van der Waals surface area contributed by atoms with E-state index in [4.69, 9.17) is 4.42 Å². The van der Waals surface area contributed by atoms with E-state index in [1.807, 2.05) is 45.0 Å². The van der Waals surface area contributed by atoms with E-state index in [0.29, 0.717) is 18.3 Å². The number of hydrogen-bond donors (Lipinski definition) is 1. The SMILES string of the molecule is Cc1ccc2oc(C(=O)CNC(C)C)cc2c1. The molecule has 0 fully saturated rings. The Kier molecular flexibility index (Phi) is 3.29. The van der Waals surface area contributed by atoms with Crippen LogP contribution in [0.2, 0.25) is 0 Å². The van der Waals surface area contributed by atoms with Crippen LogP contribution in [-0.4, -0.2) is 18.4 Å². The molecule has 17 heavy (non-hydrogen) atoms. The maximum Gasteiger partial charge on any atom is 0.211 e. The molecule has 0 saturated carbocycles. The van der Waals surface area contributed by atoms with Crippen molar-refractivity contribution in [1.29, 1.82) is 0 Å². The number of fused-ring (bicyclic) bond motifs is 1. The molecule has 1 aromatic heterocycles.